The summed E-state index contributed by atoms with van der Waals surface area (Å²) in [5.41, 5.74) is 1.94. The summed E-state index contributed by atoms with van der Waals surface area (Å²) in [6, 6.07) is 12.3. The van der Waals surface area contributed by atoms with Crippen molar-refractivity contribution in [2.75, 3.05) is 5.32 Å². The predicted molar refractivity (Wildman–Crippen MR) is 85.4 cm³/mol. The van der Waals surface area contributed by atoms with Gasteiger partial charge in [-0.05, 0) is 37.3 Å². The fourth-order valence-electron chi connectivity index (χ4n) is 2.15. The minimum absolute atomic E-state index is 0.257. The second-order valence-corrected chi connectivity index (χ2v) is 5.48. The molecule has 0 radical (unpaired) electrons. The standard InChI is InChI=1S/C16H11Cl2NO2/c1-9-12-3-2-4-13(18)15(12)21-14(9)16(20)19-11-7-5-10(17)6-8-11/h2-8H,1H3,(H,19,20). The normalized spacial score (nSPS) is 10.8. The molecule has 1 N–H and O–H groups in total. The van der Waals surface area contributed by atoms with Crippen LogP contribution in [0.5, 0.6) is 0 Å². The van der Waals surface area contributed by atoms with Crippen molar-refractivity contribution in [3.63, 3.8) is 0 Å². The molecule has 106 valence electrons. The Balaban J connectivity index is 1.96. The van der Waals surface area contributed by atoms with Gasteiger partial charge in [-0.2, -0.15) is 0 Å². The van der Waals surface area contributed by atoms with E-state index in [9.17, 15) is 4.79 Å². The number of hydrogen-bond donors (Lipinski definition) is 1. The van der Waals surface area contributed by atoms with Crippen LogP contribution in [0.25, 0.3) is 11.0 Å². The van der Waals surface area contributed by atoms with Gasteiger partial charge >= 0.3 is 0 Å². The Morgan fingerprint density at radius 2 is 1.81 bits per heavy atom. The van der Waals surface area contributed by atoms with E-state index in [1.54, 1.807) is 30.3 Å². The monoisotopic (exact) mass is 319 g/mol. The van der Waals surface area contributed by atoms with Crippen molar-refractivity contribution in [3.05, 3.63) is 63.8 Å². The Kier molecular flexibility index (Phi) is 3.62. The largest absolute Gasteiger partial charge is 0.449 e. The van der Waals surface area contributed by atoms with Crippen LogP contribution < -0.4 is 5.32 Å². The maximum absolute atomic E-state index is 12.3. The number of carbonyl (C=O) groups excluding carboxylic acids is 1. The zero-order valence-corrected chi connectivity index (χ0v) is 12.6. The van der Waals surface area contributed by atoms with Gasteiger partial charge in [-0.15, -0.1) is 0 Å². The highest BCUT2D eigenvalue weighted by Crippen LogP contribution is 2.31. The van der Waals surface area contributed by atoms with Gasteiger partial charge in [0, 0.05) is 21.7 Å². The Bertz CT molecular complexity index is 822. The lowest BCUT2D eigenvalue weighted by Crippen LogP contribution is -2.11. The van der Waals surface area contributed by atoms with E-state index in [1.165, 1.54) is 0 Å². The van der Waals surface area contributed by atoms with Crippen LogP contribution in [0.15, 0.2) is 46.9 Å². The van der Waals surface area contributed by atoms with E-state index >= 15 is 0 Å². The number of benzene rings is 2. The molecule has 2 aromatic carbocycles. The lowest BCUT2D eigenvalue weighted by molar-refractivity contribution is 0.0998. The van der Waals surface area contributed by atoms with Crippen LogP contribution in [0, 0.1) is 6.92 Å². The smallest absolute Gasteiger partial charge is 0.291 e. The third kappa shape index (κ3) is 2.62. The fraction of sp³-hybridized carbons (Fsp3) is 0.0625. The molecule has 0 aliphatic carbocycles. The number of para-hydroxylation sites is 1. The molecular formula is C16H11Cl2NO2. The molecule has 3 aromatic rings. The number of aryl methyl sites for hydroxylation is 1. The number of halogens is 2. The molecule has 0 spiro atoms. The summed E-state index contributed by atoms with van der Waals surface area (Å²) in [4.78, 5) is 12.3. The number of furan rings is 1. The van der Waals surface area contributed by atoms with Crippen LogP contribution in [-0.2, 0) is 0 Å². The van der Waals surface area contributed by atoms with Crippen LogP contribution in [0.1, 0.15) is 16.1 Å². The summed E-state index contributed by atoms with van der Waals surface area (Å²) in [5.74, 6) is -0.0601. The molecule has 0 bridgehead atoms. The highest BCUT2D eigenvalue weighted by Gasteiger charge is 2.19. The number of nitrogens with one attached hydrogen (secondary N) is 1. The molecule has 0 fully saturated rings. The van der Waals surface area contributed by atoms with Crippen molar-refractivity contribution in [2.24, 2.45) is 0 Å². The van der Waals surface area contributed by atoms with E-state index in [0.717, 1.165) is 10.9 Å². The summed E-state index contributed by atoms with van der Waals surface area (Å²) in [6.45, 7) is 1.83. The molecule has 0 saturated carbocycles. The van der Waals surface area contributed by atoms with Crippen molar-refractivity contribution in [2.45, 2.75) is 6.92 Å². The Morgan fingerprint density at radius 1 is 1.10 bits per heavy atom. The summed E-state index contributed by atoms with van der Waals surface area (Å²) in [6.07, 6.45) is 0. The molecule has 0 atom stereocenters. The molecule has 5 heteroatoms. The second kappa shape index (κ2) is 5.43. The van der Waals surface area contributed by atoms with Crippen molar-refractivity contribution in [3.8, 4) is 0 Å². The first kappa shape index (κ1) is 14.0. The lowest BCUT2D eigenvalue weighted by Gasteiger charge is -2.03. The van der Waals surface area contributed by atoms with E-state index in [4.69, 9.17) is 27.6 Å². The number of anilines is 1. The predicted octanol–water partition coefficient (Wildman–Crippen LogP) is 5.30. The van der Waals surface area contributed by atoms with E-state index in [1.807, 2.05) is 19.1 Å². The van der Waals surface area contributed by atoms with Crippen LogP contribution in [0.2, 0.25) is 10.0 Å². The number of carbonyl (C=O) groups is 1. The van der Waals surface area contributed by atoms with Gasteiger partial charge in [0.15, 0.2) is 11.3 Å². The summed E-state index contributed by atoms with van der Waals surface area (Å²) in [7, 11) is 0. The van der Waals surface area contributed by atoms with Crippen LogP contribution >= 0.6 is 23.2 Å². The molecule has 3 rings (SSSR count). The van der Waals surface area contributed by atoms with Gasteiger partial charge in [-0.25, -0.2) is 0 Å². The molecule has 0 aliphatic heterocycles. The first-order chi connectivity index (χ1) is 10.1. The van der Waals surface area contributed by atoms with Crippen LogP contribution in [0.4, 0.5) is 5.69 Å². The molecule has 21 heavy (non-hydrogen) atoms. The van der Waals surface area contributed by atoms with Crippen LogP contribution in [-0.4, -0.2) is 5.91 Å². The zero-order chi connectivity index (χ0) is 15.0. The first-order valence-electron chi connectivity index (χ1n) is 6.31. The van der Waals surface area contributed by atoms with Crippen molar-refractivity contribution in [1.82, 2.24) is 0 Å². The third-order valence-corrected chi connectivity index (χ3v) is 3.77. The fourth-order valence-corrected chi connectivity index (χ4v) is 2.49. The topological polar surface area (TPSA) is 42.2 Å². The molecule has 0 saturated heterocycles. The van der Waals surface area contributed by atoms with E-state index in [0.29, 0.717) is 21.3 Å². The van der Waals surface area contributed by atoms with Gasteiger partial charge < -0.3 is 9.73 Å². The average molecular weight is 320 g/mol. The number of hydrogen-bond acceptors (Lipinski definition) is 2. The maximum Gasteiger partial charge on any atom is 0.291 e. The SMILES string of the molecule is Cc1c(C(=O)Nc2ccc(Cl)cc2)oc2c(Cl)cccc12. The Labute approximate surface area is 131 Å². The Morgan fingerprint density at radius 3 is 2.48 bits per heavy atom. The highest BCUT2D eigenvalue weighted by molar-refractivity contribution is 6.35. The van der Waals surface area contributed by atoms with Crippen molar-refractivity contribution in [1.29, 1.82) is 0 Å². The molecular weight excluding hydrogens is 309 g/mol. The van der Waals surface area contributed by atoms with Gasteiger partial charge in [0.1, 0.15) is 0 Å². The molecule has 1 amide bonds. The number of rotatable bonds is 2. The highest BCUT2D eigenvalue weighted by atomic mass is 35.5. The van der Waals surface area contributed by atoms with Gasteiger partial charge in [0.05, 0.1) is 5.02 Å². The first-order valence-corrected chi connectivity index (χ1v) is 7.06. The van der Waals surface area contributed by atoms with Gasteiger partial charge in [-0.3, -0.25) is 4.79 Å². The van der Waals surface area contributed by atoms with E-state index in [2.05, 4.69) is 5.32 Å². The van der Waals surface area contributed by atoms with Crippen LogP contribution in [0.3, 0.4) is 0 Å². The van der Waals surface area contributed by atoms with Gasteiger partial charge in [-0.1, -0.05) is 35.3 Å². The maximum atomic E-state index is 12.3. The summed E-state index contributed by atoms with van der Waals surface area (Å²) < 4.78 is 5.62. The Hall–Kier alpha value is -1.97. The molecule has 3 nitrogen and oxygen atoms in total. The minimum Gasteiger partial charge on any atom is -0.449 e. The second-order valence-electron chi connectivity index (χ2n) is 4.63. The quantitative estimate of drug-likeness (QED) is 0.696. The molecule has 1 heterocycles. The average Bonchev–Trinajstić information content (AvgIpc) is 2.81. The third-order valence-electron chi connectivity index (χ3n) is 3.22. The number of fused-ring (bicyclic) bond motifs is 1. The van der Waals surface area contributed by atoms with Gasteiger partial charge in [0.2, 0.25) is 0 Å². The van der Waals surface area contributed by atoms with E-state index in [-0.39, 0.29) is 11.7 Å². The number of amides is 1. The summed E-state index contributed by atoms with van der Waals surface area (Å²) in [5, 5.41) is 4.71. The van der Waals surface area contributed by atoms with Crippen molar-refractivity contribution >= 4 is 45.8 Å². The molecule has 1 aromatic heterocycles. The zero-order valence-electron chi connectivity index (χ0n) is 11.1. The molecule has 0 unspecified atom stereocenters. The molecule has 0 aliphatic rings. The lowest BCUT2D eigenvalue weighted by atomic mass is 10.1. The van der Waals surface area contributed by atoms with E-state index < -0.39 is 0 Å². The van der Waals surface area contributed by atoms with Gasteiger partial charge in [0.25, 0.3) is 5.91 Å². The summed E-state index contributed by atoms with van der Waals surface area (Å²) >= 11 is 11.9. The van der Waals surface area contributed by atoms with Crippen molar-refractivity contribution < 1.29 is 9.21 Å². The minimum atomic E-state index is -0.318.